The molecule has 0 fully saturated rings. The third-order valence-electron chi connectivity index (χ3n) is 2.38. The monoisotopic (exact) mass is 306 g/mol. The molecule has 21 heavy (non-hydrogen) atoms. The highest BCUT2D eigenvalue weighted by Gasteiger charge is 2.23. The van der Waals surface area contributed by atoms with Crippen molar-refractivity contribution in [3.8, 4) is 0 Å². The zero-order valence-electron chi connectivity index (χ0n) is 12.0. The van der Waals surface area contributed by atoms with Gasteiger partial charge in [-0.05, 0) is 0 Å². The van der Waals surface area contributed by atoms with Crippen molar-refractivity contribution >= 4 is 23.9 Å². The summed E-state index contributed by atoms with van der Waals surface area (Å²) in [7, 11) is 3.43. The maximum atomic E-state index is 11.8. The average molecular weight is 306 g/mol. The van der Waals surface area contributed by atoms with Crippen LogP contribution in [-0.4, -0.2) is 81.0 Å². The number of urea groups is 1. The number of methoxy groups -OCH3 is 3. The second-order valence-electron chi connectivity index (χ2n) is 3.76. The number of hydrogen-bond donors (Lipinski definition) is 2. The predicted octanol–water partition coefficient (Wildman–Crippen LogP) is -1.56. The Morgan fingerprint density at radius 1 is 1.05 bits per heavy atom. The molecule has 0 saturated carbocycles. The summed E-state index contributed by atoms with van der Waals surface area (Å²) >= 11 is 0. The Morgan fingerprint density at radius 2 is 1.52 bits per heavy atom. The number of nitrogens with one attached hydrogen (secondary N) is 1. The molecule has 0 spiro atoms. The maximum absolute atomic E-state index is 11.8. The molecule has 120 valence electrons. The zero-order valence-corrected chi connectivity index (χ0v) is 12.0. The molecule has 0 aromatic carbocycles. The van der Waals surface area contributed by atoms with E-state index in [0.29, 0.717) is 0 Å². The van der Waals surface area contributed by atoms with Gasteiger partial charge in [0.15, 0.2) is 6.10 Å². The number of carboxylic acid groups (broad SMARTS) is 1. The summed E-state index contributed by atoms with van der Waals surface area (Å²) < 4.78 is 13.4. The van der Waals surface area contributed by atoms with Gasteiger partial charge in [0.1, 0.15) is 13.1 Å². The highest BCUT2D eigenvalue weighted by molar-refractivity contribution is 5.85. The van der Waals surface area contributed by atoms with Crippen LogP contribution in [-0.2, 0) is 28.6 Å². The summed E-state index contributed by atoms with van der Waals surface area (Å²) in [4.78, 5) is 45.8. The molecule has 1 atom stereocenters. The number of carboxylic acids is 1. The Bertz CT molecular complexity index is 380. The average Bonchev–Trinajstić information content (AvgIpc) is 2.45. The Labute approximate surface area is 120 Å². The van der Waals surface area contributed by atoms with Gasteiger partial charge in [-0.2, -0.15) is 0 Å². The highest BCUT2D eigenvalue weighted by atomic mass is 16.5. The lowest BCUT2D eigenvalue weighted by Crippen LogP contribution is -2.48. The van der Waals surface area contributed by atoms with E-state index >= 15 is 0 Å². The molecule has 1 unspecified atom stereocenters. The van der Waals surface area contributed by atoms with E-state index in [1.165, 1.54) is 7.11 Å². The molecule has 2 amide bonds. The van der Waals surface area contributed by atoms with E-state index in [1.54, 1.807) is 0 Å². The minimum atomic E-state index is -1.26. The summed E-state index contributed by atoms with van der Waals surface area (Å²) in [6, 6.07) is -0.825. The Morgan fingerprint density at radius 3 is 1.86 bits per heavy atom. The van der Waals surface area contributed by atoms with Gasteiger partial charge < -0.3 is 29.5 Å². The van der Waals surface area contributed by atoms with Crippen LogP contribution >= 0.6 is 0 Å². The lowest BCUT2D eigenvalue weighted by molar-refractivity contribution is -0.148. The number of hydrogen-bond acceptors (Lipinski definition) is 7. The second kappa shape index (κ2) is 9.53. The van der Waals surface area contributed by atoms with Gasteiger partial charge in [-0.15, -0.1) is 0 Å². The number of carbonyl (C=O) groups excluding carboxylic acids is 3. The Balaban J connectivity index is 4.66. The van der Waals surface area contributed by atoms with Crippen molar-refractivity contribution in [1.29, 1.82) is 0 Å². The van der Waals surface area contributed by atoms with Crippen LogP contribution in [0.25, 0.3) is 0 Å². The molecule has 2 N–H and O–H groups in total. The van der Waals surface area contributed by atoms with E-state index < -0.39 is 43.1 Å². The van der Waals surface area contributed by atoms with E-state index in [0.717, 1.165) is 19.1 Å². The first kappa shape index (κ1) is 18.6. The third kappa shape index (κ3) is 7.11. The van der Waals surface area contributed by atoms with Crippen molar-refractivity contribution < 1.29 is 38.5 Å². The molecule has 0 aromatic heterocycles. The number of carbonyl (C=O) groups is 4. The fraction of sp³-hybridized carbons (Fsp3) is 0.636. The molecule has 0 aromatic rings. The van der Waals surface area contributed by atoms with E-state index in [4.69, 9.17) is 5.11 Å². The van der Waals surface area contributed by atoms with Crippen LogP contribution in [0.15, 0.2) is 0 Å². The lowest BCUT2D eigenvalue weighted by Gasteiger charge is -2.21. The van der Waals surface area contributed by atoms with Crippen molar-refractivity contribution in [2.75, 3.05) is 41.0 Å². The molecular weight excluding hydrogens is 288 g/mol. The Hall–Kier alpha value is -2.36. The molecule has 0 saturated heterocycles. The number of esters is 2. The molecule has 0 bridgehead atoms. The number of aliphatic carboxylic acids is 1. The SMILES string of the molecule is COC(=O)CN(CC(=O)OC)C(=O)NCC(OC)C(=O)O. The number of rotatable bonds is 8. The maximum Gasteiger partial charge on any atom is 0.334 e. The van der Waals surface area contributed by atoms with Gasteiger partial charge in [-0.1, -0.05) is 0 Å². The first-order valence-corrected chi connectivity index (χ1v) is 5.77. The normalized spacial score (nSPS) is 11.2. The van der Waals surface area contributed by atoms with Crippen molar-refractivity contribution in [3.05, 3.63) is 0 Å². The molecule has 0 aliphatic rings. The summed E-state index contributed by atoms with van der Waals surface area (Å²) in [5, 5.41) is 11.0. The summed E-state index contributed by atoms with van der Waals surface area (Å²) in [6.07, 6.45) is -1.24. The molecule has 0 heterocycles. The van der Waals surface area contributed by atoms with E-state index in [-0.39, 0.29) is 6.54 Å². The van der Waals surface area contributed by atoms with Crippen molar-refractivity contribution in [1.82, 2.24) is 10.2 Å². The van der Waals surface area contributed by atoms with Crippen molar-refractivity contribution in [2.24, 2.45) is 0 Å². The van der Waals surface area contributed by atoms with Gasteiger partial charge in [0.2, 0.25) is 0 Å². The molecule has 10 nitrogen and oxygen atoms in total. The van der Waals surface area contributed by atoms with Crippen LogP contribution < -0.4 is 5.32 Å². The van der Waals surface area contributed by atoms with Crippen LogP contribution in [0.4, 0.5) is 4.79 Å². The molecule has 10 heteroatoms. The van der Waals surface area contributed by atoms with E-state index in [2.05, 4.69) is 19.5 Å². The standard InChI is InChI=1S/C11H18N2O8/c1-19-7(10(16)17)4-12-11(18)13(5-8(14)20-2)6-9(15)21-3/h7H,4-6H2,1-3H3,(H,12,18)(H,16,17). The summed E-state index contributed by atoms with van der Waals surface area (Å²) in [5.41, 5.74) is 0. The van der Waals surface area contributed by atoms with E-state index in [9.17, 15) is 19.2 Å². The molecule has 0 aliphatic heterocycles. The summed E-state index contributed by atoms with van der Waals surface area (Å²) in [6.45, 7) is -1.30. The first-order chi connectivity index (χ1) is 9.85. The molecule has 0 rings (SSSR count). The largest absolute Gasteiger partial charge is 0.479 e. The van der Waals surface area contributed by atoms with Crippen LogP contribution in [0.5, 0.6) is 0 Å². The predicted molar refractivity (Wildman–Crippen MR) is 67.4 cm³/mol. The van der Waals surface area contributed by atoms with Gasteiger partial charge in [-0.3, -0.25) is 9.59 Å². The zero-order chi connectivity index (χ0) is 16.4. The smallest absolute Gasteiger partial charge is 0.334 e. The van der Waals surface area contributed by atoms with Crippen LogP contribution in [0.1, 0.15) is 0 Å². The topological polar surface area (TPSA) is 131 Å². The van der Waals surface area contributed by atoms with E-state index in [1.807, 2.05) is 0 Å². The van der Waals surface area contributed by atoms with Gasteiger partial charge >= 0.3 is 23.9 Å². The highest BCUT2D eigenvalue weighted by Crippen LogP contribution is 1.95. The third-order valence-corrected chi connectivity index (χ3v) is 2.38. The van der Waals surface area contributed by atoms with Gasteiger partial charge in [-0.25, -0.2) is 9.59 Å². The van der Waals surface area contributed by atoms with Crippen LogP contribution in [0.2, 0.25) is 0 Å². The van der Waals surface area contributed by atoms with Gasteiger partial charge in [0.25, 0.3) is 0 Å². The van der Waals surface area contributed by atoms with Gasteiger partial charge in [0.05, 0.1) is 20.8 Å². The molecular formula is C11H18N2O8. The minimum absolute atomic E-state index is 0.330. The minimum Gasteiger partial charge on any atom is -0.479 e. The molecule has 0 radical (unpaired) electrons. The van der Waals surface area contributed by atoms with Crippen molar-refractivity contribution in [3.63, 3.8) is 0 Å². The fourth-order valence-corrected chi connectivity index (χ4v) is 1.20. The Kier molecular flexibility index (Phi) is 8.46. The lowest BCUT2D eigenvalue weighted by atomic mass is 10.3. The quantitative estimate of drug-likeness (QED) is 0.515. The fourth-order valence-electron chi connectivity index (χ4n) is 1.20. The first-order valence-electron chi connectivity index (χ1n) is 5.77. The second-order valence-corrected chi connectivity index (χ2v) is 3.76. The van der Waals surface area contributed by atoms with Crippen molar-refractivity contribution in [2.45, 2.75) is 6.10 Å². The number of amides is 2. The van der Waals surface area contributed by atoms with Gasteiger partial charge in [0, 0.05) is 7.11 Å². The summed E-state index contributed by atoms with van der Waals surface area (Å²) in [5.74, 6) is -2.74. The number of ether oxygens (including phenoxy) is 3. The van der Waals surface area contributed by atoms with Crippen LogP contribution in [0, 0.1) is 0 Å². The van der Waals surface area contributed by atoms with Crippen LogP contribution in [0.3, 0.4) is 0 Å². The number of nitrogens with zero attached hydrogens (tertiary/aromatic N) is 1. The molecule has 0 aliphatic carbocycles.